The summed E-state index contributed by atoms with van der Waals surface area (Å²) in [6.07, 6.45) is 6.26. The summed E-state index contributed by atoms with van der Waals surface area (Å²) in [4.78, 5) is 16.5. The van der Waals surface area contributed by atoms with Gasteiger partial charge in [-0.25, -0.2) is 4.98 Å². The first-order valence-corrected chi connectivity index (χ1v) is 10.9. The van der Waals surface area contributed by atoms with Crippen LogP contribution in [0.1, 0.15) is 43.4 Å². The number of pyridine rings is 1. The summed E-state index contributed by atoms with van der Waals surface area (Å²) >= 11 is 0. The van der Waals surface area contributed by atoms with Crippen molar-refractivity contribution in [3.8, 4) is 5.88 Å². The maximum Gasteiger partial charge on any atom is 0.534 e. The van der Waals surface area contributed by atoms with Gasteiger partial charge in [-0.05, 0) is 43.9 Å². The summed E-state index contributed by atoms with van der Waals surface area (Å²) < 4.78 is 71.8. The molecule has 12 heteroatoms. The minimum Gasteiger partial charge on any atom is -0.465 e. The second kappa shape index (κ2) is 8.06. The Morgan fingerprint density at radius 2 is 2.06 bits per heavy atom. The number of nitrogens with zero attached hydrogens (tertiary/aromatic N) is 1. The van der Waals surface area contributed by atoms with Gasteiger partial charge in [0.15, 0.2) is 0 Å². The van der Waals surface area contributed by atoms with Crippen molar-refractivity contribution in [1.29, 1.82) is 0 Å². The predicted octanol–water partition coefficient (Wildman–Crippen LogP) is 2.83. The van der Waals surface area contributed by atoms with Gasteiger partial charge in [0.2, 0.25) is 0 Å². The number of nitrogens with two attached hydrogens (primary N) is 1. The topological polar surface area (TPSA) is 121 Å². The van der Waals surface area contributed by atoms with Gasteiger partial charge in [-0.2, -0.15) is 21.6 Å². The number of ether oxygens (including phenoxy) is 1. The van der Waals surface area contributed by atoms with E-state index in [0.717, 1.165) is 0 Å². The van der Waals surface area contributed by atoms with Crippen LogP contribution >= 0.6 is 0 Å². The molecule has 8 nitrogen and oxygen atoms in total. The molecule has 0 aromatic carbocycles. The van der Waals surface area contributed by atoms with Crippen LogP contribution in [-0.4, -0.2) is 38.5 Å². The highest BCUT2D eigenvalue weighted by atomic mass is 32.2. The van der Waals surface area contributed by atoms with E-state index in [-0.39, 0.29) is 23.9 Å². The number of anilines is 1. The van der Waals surface area contributed by atoms with Crippen molar-refractivity contribution in [1.82, 2.24) is 4.98 Å². The normalized spacial score (nSPS) is 20.0. The van der Waals surface area contributed by atoms with E-state index in [2.05, 4.69) is 14.5 Å². The lowest BCUT2D eigenvalue weighted by molar-refractivity contribution is -0.146. The van der Waals surface area contributed by atoms with Crippen LogP contribution in [0.5, 0.6) is 5.88 Å². The number of aromatic nitrogens is 1. The van der Waals surface area contributed by atoms with Crippen LogP contribution in [0.2, 0.25) is 0 Å². The predicted molar refractivity (Wildman–Crippen MR) is 106 cm³/mol. The van der Waals surface area contributed by atoms with Gasteiger partial charge in [0.25, 0.3) is 5.88 Å². The Kier molecular flexibility index (Phi) is 5.96. The standard InChI is InChI=1S/C19H22F3N3O5S/c1-3-29-17(26)18(8-9-18)14-10-13(11-4-6-12(23)7-5-11)15(24-2)16(25-14)30-31(27,28)19(20,21)22/h4,6-7,10-11,24H,3,5,8-9,23H2,1-2H3. The van der Waals surface area contributed by atoms with Crippen molar-refractivity contribution in [3.63, 3.8) is 0 Å². The largest absolute Gasteiger partial charge is 0.534 e. The molecule has 0 bridgehead atoms. The van der Waals surface area contributed by atoms with Gasteiger partial charge >= 0.3 is 21.6 Å². The second-order valence-electron chi connectivity index (χ2n) is 7.22. The fourth-order valence-electron chi connectivity index (χ4n) is 3.37. The van der Waals surface area contributed by atoms with Crippen molar-refractivity contribution in [2.75, 3.05) is 19.0 Å². The fourth-order valence-corrected chi connectivity index (χ4v) is 3.79. The Bertz CT molecular complexity index is 1050. The number of carbonyl (C=O) groups is 1. The van der Waals surface area contributed by atoms with Crippen LogP contribution in [0.15, 0.2) is 30.0 Å². The molecule has 1 heterocycles. The first kappa shape index (κ1) is 22.9. The molecule has 0 radical (unpaired) electrons. The molecule has 3 N–H and O–H groups in total. The van der Waals surface area contributed by atoms with Gasteiger partial charge in [0, 0.05) is 18.7 Å². The maximum atomic E-state index is 13.0. The number of rotatable bonds is 7. The van der Waals surface area contributed by atoms with E-state index in [9.17, 15) is 26.4 Å². The SMILES string of the molecule is CCOC(=O)C1(c2cc(C3C=CC(N)=CC3)c(NC)c(OS(=O)(=O)C(F)(F)F)n2)CC1. The first-order chi connectivity index (χ1) is 14.4. The lowest BCUT2D eigenvalue weighted by atomic mass is 9.88. The van der Waals surface area contributed by atoms with E-state index >= 15 is 0 Å². The lowest BCUT2D eigenvalue weighted by Gasteiger charge is -2.23. The Hall–Kier alpha value is -2.76. The summed E-state index contributed by atoms with van der Waals surface area (Å²) in [7, 11) is -4.58. The zero-order valence-electron chi connectivity index (χ0n) is 16.8. The molecular formula is C19H22F3N3O5S. The maximum absolute atomic E-state index is 13.0. The Balaban J connectivity index is 2.16. The monoisotopic (exact) mass is 461 g/mol. The van der Waals surface area contributed by atoms with Crippen molar-refractivity contribution in [2.24, 2.45) is 5.73 Å². The molecule has 1 saturated carbocycles. The van der Waals surface area contributed by atoms with Crippen LogP contribution in [0.4, 0.5) is 18.9 Å². The van der Waals surface area contributed by atoms with E-state index in [4.69, 9.17) is 10.5 Å². The average molecular weight is 461 g/mol. The third-order valence-corrected chi connectivity index (χ3v) is 6.12. The van der Waals surface area contributed by atoms with Crippen LogP contribution in [0.3, 0.4) is 0 Å². The molecule has 170 valence electrons. The molecule has 1 unspecified atom stereocenters. The zero-order valence-corrected chi connectivity index (χ0v) is 17.6. The zero-order chi connectivity index (χ0) is 23.0. The van der Waals surface area contributed by atoms with Gasteiger partial charge in [-0.15, -0.1) is 0 Å². The van der Waals surface area contributed by atoms with E-state index in [1.54, 1.807) is 31.2 Å². The summed E-state index contributed by atoms with van der Waals surface area (Å²) in [5.74, 6) is -1.71. The van der Waals surface area contributed by atoms with Gasteiger partial charge in [0.1, 0.15) is 11.1 Å². The summed E-state index contributed by atoms with van der Waals surface area (Å²) in [6.45, 7) is 1.74. The van der Waals surface area contributed by atoms with Gasteiger partial charge in [-0.3, -0.25) is 4.79 Å². The molecule has 1 aromatic rings. The number of nitrogens with one attached hydrogen (secondary N) is 1. The smallest absolute Gasteiger partial charge is 0.465 e. The second-order valence-corrected chi connectivity index (χ2v) is 8.76. The summed E-state index contributed by atoms with van der Waals surface area (Å²) in [5.41, 5.74) is -0.0218. The highest BCUT2D eigenvalue weighted by Crippen LogP contribution is 2.51. The molecule has 2 aliphatic rings. The molecule has 0 amide bonds. The molecule has 1 aromatic heterocycles. The molecule has 1 atom stereocenters. The lowest BCUT2D eigenvalue weighted by Crippen LogP contribution is -2.30. The minimum absolute atomic E-state index is 0.0280. The molecule has 1 fully saturated rings. The van der Waals surface area contributed by atoms with Crippen molar-refractivity contribution in [3.05, 3.63) is 41.2 Å². The van der Waals surface area contributed by atoms with E-state index < -0.39 is 32.9 Å². The highest BCUT2D eigenvalue weighted by molar-refractivity contribution is 7.88. The molecule has 31 heavy (non-hydrogen) atoms. The summed E-state index contributed by atoms with van der Waals surface area (Å²) in [6, 6.07) is 1.58. The van der Waals surface area contributed by atoms with Crippen LogP contribution < -0.4 is 15.2 Å². The van der Waals surface area contributed by atoms with Crippen molar-refractivity contribution < 1.29 is 35.3 Å². The molecular weight excluding hydrogens is 439 g/mol. The number of alkyl halides is 3. The van der Waals surface area contributed by atoms with Gasteiger partial charge in [-0.1, -0.05) is 12.2 Å². The number of esters is 1. The molecule has 0 spiro atoms. The van der Waals surface area contributed by atoms with Gasteiger partial charge < -0.3 is 20.0 Å². The van der Waals surface area contributed by atoms with Crippen LogP contribution in [0, 0.1) is 0 Å². The number of hydrogen-bond acceptors (Lipinski definition) is 8. The minimum atomic E-state index is -5.98. The van der Waals surface area contributed by atoms with Gasteiger partial charge in [0.05, 0.1) is 12.3 Å². The Morgan fingerprint density at radius 1 is 1.39 bits per heavy atom. The van der Waals surface area contributed by atoms with Crippen LogP contribution in [0.25, 0.3) is 0 Å². The fraction of sp³-hybridized carbons (Fsp3) is 0.474. The summed E-state index contributed by atoms with van der Waals surface area (Å²) in [5, 5.41) is 2.68. The number of halogens is 3. The quantitative estimate of drug-likeness (QED) is 0.361. The van der Waals surface area contributed by atoms with E-state index in [1.165, 1.54) is 7.05 Å². The average Bonchev–Trinajstić information content (AvgIpc) is 3.49. The van der Waals surface area contributed by atoms with E-state index in [1.807, 2.05) is 0 Å². The number of allylic oxidation sites excluding steroid dienone is 3. The molecule has 2 aliphatic carbocycles. The third-order valence-electron chi connectivity index (χ3n) is 5.17. The molecule has 0 saturated heterocycles. The van der Waals surface area contributed by atoms with E-state index in [0.29, 0.717) is 30.5 Å². The number of carbonyl (C=O) groups excluding carboxylic acids is 1. The molecule has 0 aliphatic heterocycles. The molecule has 3 rings (SSSR count). The van der Waals surface area contributed by atoms with Crippen molar-refractivity contribution in [2.45, 2.75) is 43.0 Å². The number of hydrogen-bond donors (Lipinski definition) is 2. The van der Waals surface area contributed by atoms with Crippen molar-refractivity contribution >= 4 is 21.8 Å². The Morgan fingerprint density at radius 3 is 2.55 bits per heavy atom. The third kappa shape index (κ3) is 4.34. The Labute approximate surface area is 177 Å². The van der Waals surface area contributed by atoms with Crippen LogP contribution in [-0.2, 0) is 25.1 Å². The first-order valence-electron chi connectivity index (χ1n) is 9.50. The highest BCUT2D eigenvalue weighted by Gasteiger charge is 2.55.